The standard InChI is InChI=1S/C8H16F2N2O2/c1-5(2)6(11)7(14)12-3-8(9,10)4-13/h5-6,13H,3-4,11H2,1-2H3,(H,12,14)/t6-/m1/s1. The smallest absolute Gasteiger partial charge is 0.287 e. The summed E-state index contributed by atoms with van der Waals surface area (Å²) < 4.78 is 24.9. The Kier molecular flexibility index (Phi) is 4.93. The van der Waals surface area contributed by atoms with E-state index in [0.29, 0.717) is 0 Å². The van der Waals surface area contributed by atoms with Crippen LogP contribution in [-0.4, -0.2) is 36.1 Å². The topological polar surface area (TPSA) is 75.4 Å². The Labute approximate surface area is 81.5 Å². The first-order valence-corrected chi connectivity index (χ1v) is 4.32. The molecule has 0 aliphatic carbocycles. The van der Waals surface area contributed by atoms with Crippen LogP contribution >= 0.6 is 0 Å². The van der Waals surface area contributed by atoms with E-state index >= 15 is 0 Å². The number of halogens is 2. The van der Waals surface area contributed by atoms with E-state index in [2.05, 4.69) is 0 Å². The molecule has 0 heterocycles. The third kappa shape index (κ3) is 4.48. The van der Waals surface area contributed by atoms with Crippen LogP contribution in [0.15, 0.2) is 0 Å². The van der Waals surface area contributed by atoms with Gasteiger partial charge >= 0.3 is 0 Å². The van der Waals surface area contributed by atoms with Gasteiger partial charge in [-0.15, -0.1) is 0 Å². The van der Waals surface area contributed by atoms with Crippen LogP contribution in [0, 0.1) is 5.92 Å². The minimum absolute atomic E-state index is 0.113. The van der Waals surface area contributed by atoms with Crippen molar-refractivity contribution < 1.29 is 18.7 Å². The second-order valence-corrected chi connectivity index (χ2v) is 3.50. The summed E-state index contributed by atoms with van der Waals surface area (Å²) in [7, 11) is 0. The molecule has 1 amide bonds. The molecule has 0 aliphatic heterocycles. The van der Waals surface area contributed by atoms with Crippen LogP contribution in [0.3, 0.4) is 0 Å². The lowest BCUT2D eigenvalue weighted by atomic mass is 10.1. The molecule has 0 rings (SSSR count). The maximum atomic E-state index is 12.5. The third-order valence-corrected chi connectivity index (χ3v) is 1.77. The van der Waals surface area contributed by atoms with Crippen molar-refractivity contribution in [2.75, 3.05) is 13.2 Å². The monoisotopic (exact) mass is 210 g/mol. The number of nitrogens with two attached hydrogens (primary N) is 1. The number of nitrogens with one attached hydrogen (secondary N) is 1. The van der Waals surface area contributed by atoms with Crippen molar-refractivity contribution in [2.24, 2.45) is 11.7 Å². The van der Waals surface area contributed by atoms with Crippen molar-refractivity contribution in [1.29, 1.82) is 0 Å². The number of hydrogen-bond acceptors (Lipinski definition) is 3. The summed E-state index contributed by atoms with van der Waals surface area (Å²) in [5, 5.41) is 10.2. The van der Waals surface area contributed by atoms with Crippen LogP contribution in [0.5, 0.6) is 0 Å². The van der Waals surface area contributed by atoms with E-state index in [1.807, 2.05) is 5.32 Å². The van der Waals surface area contributed by atoms with Gasteiger partial charge in [-0.2, -0.15) is 0 Å². The van der Waals surface area contributed by atoms with Crippen molar-refractivity contribution in [1.82, 2.24) is 5.32 Å². The van der Waals surface area contributed by atoms with Crippen LogP contribution < -0.4 is 11.1 Å². The Balaban J connectivity index is 3.97. The fraction of sp³-hybridized carbons (Fsp3) is 0.875. The maximum absolute atomic E-state index is 12.5. The predicted octanol–water partition coefficient (Wildman–Crippen LogP) is -0.287. The number of hydrogen-bond donors (Lipinski definition) is 3. The Bertz CT molecular complexity index is 198. The molecule has 0 saturated carbocycles. The fourth-order valence-corrected chi connectivity index (χ4v) is 0.693. The summed E-state index contributed by atoms with van der Waals surface area (Å²) in [6.07, 6.45) is 0. The van der Waals surface area contributed by atoms with Crippen molar-refractivity contribution in [3.63, 3.8) is 0 Å². The number of alkyl halides is 2. The first-order valence-electron chi connectivity index (χ1n) is 4.32. The molecule has 0 saturated heterocycles. The molecule has 0 aromatic heterocycles. The maximum Gasteiger partial charge on any atom is 0.287 e. The predicted molar refractivity (Wildman–Crippen MR) is 47.9 cm³/mol. The van der Waals surface area contributed by atoms with Gasteiger partial charge in [0.05, 0.1) is 12.6 Å². The Hall–Kier alpha value is -0.750. The Morgan fingerprint density at radius 2 is 2.07 bits per heavy atom. The minimum atomic E-state index is -3.29. The zero-order valence-electron chi connectivity index (χ0n) is 8.26. The van der Waals surface area contributed by atoms with E-state index in [0.717, 1.165) is 0 Å². The van der Waals surface area contributed by atoms with Gasteiger partial charge < -0.3 is 16.2 Å². The second kappa shape index (κ2) is 5.21. The molecule has 4 N–H and O–H groups in total. The van der Waals surface area contributed by atoms with E-state index in [1.165, 1.54) is 0 Å². The van der Waals surface area contributed by atoms with E-state index in [4.69, 9.17) is 10.8 Å². The largest absolute Gasteiger partial charge is 0.390 e. The molecule has 0 aromatic rings. The lowest BCUT2D eigenvalue weighted by Crippen LogP contribution is -2.48. The average Bonchev–Trinajstić information content (AvgIpc) is 2.13. The number of amides is 1. The van der Waals surface area contributed by atoms with Gasteiger partial charge in [-0.1, -0.05) is 13.8 Å². The van der Waals surface area contributed by atoms with Crippen LogP contribution in [0.4, 0.5) is 8.78 Å². The normalized spacial score (nSPS) is 14.2. The molecule has 14 heavy (non-hydrogen) atoms. The molecule has 4 nitrogen and oxygen atoms in total. The molecular formula is C8H16F2N2O2. The van der Waals surface area contributed by atoms with E-state index < -0.39 is 31.0 Å². The van der Waals surface area contributed by atoms with Gasteiger partial charge in [0.2, 0.25) is 5.91 Å². The zero-order chi connectivity index (χ0) is 11.4. The molecule has 0 radical (unpaired) electrons. The van der Waals surface area contributed by atoms with Crippen molar-refractivity contribution in [2.45, 2.75) is 25.8 Å². The lowest BCUT2D eigenvalue weighted by Gasteiger charge is -2.18. The van der Waals surface area contributed by atoms with Crippen LogP contribution in [0.25, 0.3) is 0 Å². The van der Waals surface area contributed by atoms with Crippen LogP contribution in [0.1, 0.15) is 13.8 Å². The molecule has 0 aliphatic rings. The molecule has 1 atom stereocenters. The number of carbonyl (C=O) groups excluding carboxylic acids is 1. The SMILES string of the molecule is CC(C)[C@@H](N)C(=O)NCC(F)(F)CO. The summed E-state index contributed by atoms with van der Waals surface area (Å²) in [5.41, 5.74) is 5.41. The molecule has 6 heteroatoms. The first kappa shape index (κ1) is 13.2. The molecule has 0 unspecified atom stereocenters. The number of carbonyl (C=O) groups is 1. The molecule has 84 valence electrons. The van der Waals surface area contributed by atoms with E-state index in [-0.39, 0.29) is 5.92 Å². The van der Waals surface area contributed by atoms with Gasteiger partial charge in [-0.25, -0.2) is 8.78 Å². The summed E-state index contributed by atoms with van der Waals surface area (Å²) >= 11 is 0. The highest BCUT2D eigenvalue weighted by atomic mass is 19.3. The van der Waals surface area contributed by atoms with Crippen molar-refractivity contribution >= 4 is 5.91 Å². The minimum Gasteiger partial charge on any atom is -0.390 e. The van der Waals surface area contributed by atoms with Gasteiger partial charge in [0.15, 0.2) is 0 Å². The summed E-state index contributed by atoms with van der Waals surface area (Å²) in [6, 6.07) is -0.801. The highest BCUT2D eigenvalue weighted by molar-refractivity contribution is 5.81. The molecule has 0 aromatic carbocycles. The zero-order valence-corrected chi connectivity index (χ0v) is 8.26. The molecular weight excluding hydrogens is 194 g/mol. The Morgan fingerprint density at radius 1 is 1.57 bits per heavy atom. The van der Waals surface area contributed by atoms with Gasteiger partial charge in [0.25, 0.3) is 5.92 Å². The van der Waals surface area contributed by atoms with Gasteiger partial charge in [0, 0.05) is 0 Å². The molecule has 0 spiro atoms. The number of rotatable bonds is 5. The van der Waals surface area contributed by atoms with Gasteiger partial charge in [0.1, 0.15) is 6.61 Å². The highest BCUT2D eigenvalue weighted by Gasteiger charge is 2.29. The average molecular weight is 210 g/mol. The van der Waals surface area contributed by atoms with Crippen molar-refractivity contribution in [3.05, 3.63) is 0 Å². The lowest BCUT2D eigenvalue weighted by molar-refractivity contribution is -0.126. The third-order valence-electron chi connectivity index (χ3n) is 1.77. The van der Waals surface area contributed by atoms with Crippen LogP contribution in [0.2, 0.25) is 0 Å². The summed E-state index contributed by atoms with van der Waals surface area (Å²) in [4.78, 5) is 11.1. The highest BCUT2D eigenvalue weighted by Crippen LogP contribution is 2.10. The quantitative estimate of drug-likeness (QED) is 0.584. The van der Waals surface area contributed by atoms with Crippen LogP contribution in [-0.2, 0) is 4.79 Å². The first-order chi connectivity index (χ1) is 6.30. The van der Waals surface area contributed by atoms with Gasteiger partial charge in [-0.05, 0) is 5.92 Å². The van der Waals surface area contributed by atoms with Gasteiger partial charge in [-0.3, -0.25) is 4.79 Å². The Morgan fingerprint density at radius 3 is 2.43 bits per heavy atom. The van der Waals surface area contributed by atoms with E-state index in [1.54, 1.807) is 13.8 Å². The second-order valence-electron chi connectivity index (χ2n) is 3.50. The molecule has 0 bridgehead atoms. The fourth-order valence-electron chi connectivity index (χ4n) is 0.693. The molecule has 0 fully saturated rings. The summed E-state index contributed by atoms with van der Waals surface area (Å²) in [6.45, 7) is 1.26. The van der Waals surface area contributed by atoms with E-state index in [9.17, 15) is 13.6 Å². The van der Waals surface area contributed by atoms with Crippen molar-refractivity contribution in [3.8, 4) is 0 Å². The number of aliphatic hydroxyl groups excluding tert-OH is 1. The summed E-state index contributed by atoms with van der Waals surface area (Å²) in [5.74, 6) is -4.03. The number of aliphatic hydroxyl groups is 1.